The number of nitriles is 1. The van der Waals surface area contributed by atoms with Gasteiger partial charge < -0.3 is 10.5 Å². The molecule has 0 unspecified atom stereocenters. The maximum atomic E-state index is 8.24. The molecule has 0 radical (unpaired) electrons. The van der Waals surface area contributed by atoms with Crippen molar-refractivity contribution >= 4 is 17.3 Å². The zero-order chi connectivity index (χ0) is 8.97. The lowest BCUT2D eigenvalue weighted by Crippen LogP contribution is -1.97. The predicted octanol–water partition coefficient (Wildman–Crippen LogP) is 1.82. The Morgan fingerprint density at radius 3 is 3.00 bits per heavy atom. The van der Waals surface area contributed by atoms with Crippen LogP contribution in [-0.4, -0.2) is 6.61 Å². The van der Waals surface area contributed by atoms with Crippen molar-refractivity contribution in [2.75, 3.05) is 12.3 Å². The Hall–Kier alpha value is -1.40. The summed E-state index contributed by atoms with van der Waals surface area (Å²) in [6.07, 6.45) is 0. The van der Waals surface area contributed by atoms with Crippen molar-refractivity contribution < 1.29 is 4.74 Å². The van der Waals surface area contributed by atoms with Gasteiger partial charge in [-0.15, -0.1) is 0 Å². The van der Waals surface area contributed by atoms with Crippen LogP contribution in [0.4, 0.5) is 5.69 Å². The highest BCUT2D eigenvalue weighted by atomic mass is 35.5. The summed E-state index contributed by atoms with van der Waals surface area (Å²) in [5.74, 6) is 0.448. The van der Waals surface area contributed by atoms with E-state index in [4.69, 9.17) is 27.3 Å². The van der Waals surface area contributed by atoms with Crippen LogP contribution in [0.3, 0.4) is 0 Å². The number of halogens is 1. The summed E-state index contributed by atoms with van der Waals surface area (Å²) in [6.45, 7) is -0.0233. The number of nitrogens with two attached hydrogens (primary N) is 1. The summed E-state index contributed by atoms with van der Waals surface area (Å²) < 4.78 is 5.00. The van der Waals surface area contributed by atoms with Crippen molar-refractivity contribution in [3.05, 3.63) is 23.2 Å². The third kappa shape index (κ3) is 2.04. The number of anilines is 1. The molecular weight excluding hydrogens is 176 g/mol. The fraction of sp³-hybridized carbons (Fsp3) is 0.125. The first-order valence-corrected chi connectivity index (χ1v) is 3.66. The molecule has 0 atom stereocenters. The average molecular weight is 183 g/mol. The van der Waals surface area contributed by atoms with Crippen LogP contribution in [0.1, 0.15) is 0 Å². The van der Waals surface area contributed by atoms with Crippen molar-refractivity contribution in [2.45, 2.75) is 0 Å². The topological polar surface area (TPSA) is 59.0 Å². The molecule has 2 N–H and O–H groups in total. The van der Waals surface area contributed by atoms with Crippen molar-refractivity contribution in [3.63, 3.8) is 0 Å². The number of hydrogen-bond donors (Lipinski definition) is 1. The SMILES string of the molecule is N#CCOc1cc(Cl)ccc1N. The van der Waals surface area contributed by atoms with Crippen LogP contribution in [0.25, 0.3) is 0 Å². The Balaban J connectivity index is 2.84. The Labute approximate surface area is 75.3 Å². The molecule has 0 fully saturated rings. The first-order valence-electron chi connectivity index (χ1n) is 3.29. The predicted molar refractivity (Wildman–Crippen MR) is 47.0 cm³/mol. The monoisotopic (exact) mass is 182 g/mol. The summed E-state index contributed by atoms with van der Waals surface area (Å²) in [4.78, 5) is 0. The van der Waals surface area contributed by atoms with Gasteiger partial charge in [-0.3, -0.25) is 0 Å². The number of hydrogen-bond acceptors (Lipinski definition) is 3. The highest BCUT2D eigenvalue weighted by Crippen LogP contribution is 2.24. The summed E-state index contributed by atoms with van der Waals surface area (Å²) in [6, 6.07) is 6.72. The van der Waals surface area contributed by atoms with Gasteiger partial charge >= 0.3 is 0 Å². The molecule has 12 heavy (non-hydrogen) atoms. The Morgan fingerprint density at radius 1 is 1.58 bits per heavy atom. The third-order valence-electron chi connectivity index (χ3n) is 1.27. The van der Waals surface area contributed by atoms with E-state index in [0.717, 1.165) is 0 Å². The van der Waals surface area contributed by atoms with Gasteiger partial charge in [0.2, 0.25) is 0 Å². The van der Waals surface area contributed by atoms with Crippen molar-refractivity contribution in [3.8, 4) is 11.8 Å². The van der Waals surface area contributed by atoms with E-state index in [0.29, 0.717) is 16.5 Å². The number of ether oxygens (including phenoxy) is 1. The van der Waals surface area contributed by atoms with Gasteiger partial charge in [0.05, 0.1) is 5.69 Å². The molecule has 0 aromatic heterocycles. The molecule has 4 heteroatoms. The molecule has 0 aliphatic carbocycles. The van der Waals surface area contributed by atoms with E-state index in [1.165, 1.54) is 0 Å². The maximum absolute atomic E-state index is 8.24. The summed E-state index contributed by atoms with van der Waals surface area (Å²) in [7, 11) is 0. The first-order chi connectivity index (χ1) is 5.74. The highest BCUT2D eigenvalue weighted by molar-refractivity contribution is 6.30. The van der Waals surface area contributed by atoms with Crippen molar-refractivity contribution in [1.29, 1.82) is 5.26 Å². The quantitative estimate of drug-likeness (QED) is 0.710. The fourth-order valence-corrected chi connectivity index (χ4v) is 0.905. The Morgan fingerprint density at radius 2 is 2.33 bits per heavy atom. The maximum Gasteiger partial charge on any atom is 0.174 e. The van der Waals surface area contributed by atoms with Crippen LogP contribution < -0.4 is 10.5 Å². The molecule has 0 aliphatic rings. The second-order valence-electron chi connectivity index (χ2n) is 2.13. The van der Waals surface area contributed by atoms with Gasteiger partial charge in [0, 0.05) is 11.1 Å². The molecule has 0 bridgehead atoms. The van der Waals surface area contributed by atoms with Gasteiger partial charge in [-0.2, -0.15) is 5.26 Å². The van der Waals surface area contributed by atoms with Crippen LogP contribution >= 0.6 is 11.6 Å². The summed E-state index contributed by atoms with van der Waals surface area (Å²) in [5, 5.41) is 8.78. The third-order valence-corrected chi connectivity index (χ3v) is 1.50. The fourth-order valence-electron chi connectivity index (χ4n) is 0.743. The Kier molecular flexibility index (Phi) is 2.78. The minimum Gasteiger partial charge on any atom is -0.477 e. The minimum atomic E-state index is -0.0233. The molecule has 0 amide bonds. The van der Waals surface area contributed by atoms with Crippen LogP contribution in [0.5, 0.6) is 5.75 Å². The van der Waals surface area contributed by atoms with Crippen LogP contribution in [0.15, 0.2) is 18.2 Å². The van der Waals surface area contributed by atoms with Gasteiger partial charge in [-0.1, -0.05) is 11.6 Å². The lowest BCUT2D eigenvalue weighted by molar-refractivity contribution is 0.370. The van der Waals surface area contributed by atoms with E-state index in [2.05, 4.69) is 0 Å². The van der Waals surface area contributed by atoms with Crippen LogP contribution in [-0.2, 0) is 0 Å². The molecule has 0 aliphatic heterocycles. The van der Waals surface area contributed by atoms with Gasteiger partial charge in [-0.25, -0.2) is 0 Å². The van der Waals surface area contributed by atoms with E-state index in [9.17, 15) is 0 Å². The van der Waals surface area contributed by atoms with Gasteiger partial charge in [0.25, 0.3) is 0 Å². The van der Waals surface area contributed by atoms with Gasteiger partial charge in [0.1, 0.15) is 11.8 Å². The first kappa shape index (κ1) is 8.69. The second-order valence-corrected chi connectivity index (χ2v) is 2.57. The molecule has 1 rings (SSSR count). The molecular formula is C8H7ClN2O. The number of nitrogen functional groups attached to an aromatic ring is 1. The zero-order valence-electron chi connectivity index (χ0n) is 6.25. The van der Waals surface area contributed by atoms with Crippen LogP contribution in [0, 0.1) is 11.3 Å². The largest absolute Gasteiger partial charge is 0.477 e. The molecule has 1 aromatic rings. The lowest BCUT2D eigenvalue weighted by atomic mass is 10.3. The van der Waals surface area contributed by atoms with Gasteiger partial charge in [0.15, 0.2) is 6.61 Å². The molecule has 0 saturated heterocycles. The van der Waals surface area contributed by atoms with E-state index in [-0.39, 0.29) is 6.61 Å². The number of benzene rings is 1. The smallest absolute Gasteiger partial charge is 0.174 e. The van der Waals surface area contributed by atoms with E-state index in [1.807, 2.05) is 6.07 Å². The number of rotatable bonds is 2. The van der Waals surface area contributed by atoms with E-state index >= 15 is 0 Å². The molecule has 0 spiro atoms. The van der Waals surface area contributed by atoms with Crippen molar-refractivity contribution in [1.82, 2.24) is 0 Å². The normalized spacial score (nSPS) is 9.00. The second kappa shape index (κ2) is 3.84. The molecule has 0 saturated carbocycles. The number of nitrogens with zero attached hydrogens (tertiary/aromatic N) is 1. The molecule has 3 nitrogen and oxygen atoms in total. The Bertz CT molecular complexity index is 319. The zero-order valence-corrected chi connectivity index (χ0v) is 7.01. The molecule has 1 aromatic carbocycles. The average Bonchev–Trinajstić information content (AvgIpc) is 2.07. The summed E-state index contributed by atoms with van der Waals surface area (Å²) >= 11 is 5.68. The molecule has 62 valence electrons. The van der Waals surface area contributed by atoms with E-state index in [1.54, 1.807) is 18.2 Å². The highest BCUT2D eigenvalue weighted by Gasteiger charge is 1.99. The van der Waals surface area contributed by atoms with Gasteiger partial charge in [-0.05, 0) is 12.1 Å². The van der Waals surface area contributed by atoms with Crippen LogP contribution in [0.2, 0.25) is 5.02 Å². The summed E-state index contributed by atoms with van der Waals surface area (Å²) in [5.41, 5.74) is 6.02. The standard InChI is InChI=1S/C8H7ClN2O/c9-6-1-2-7(11)8(5-6)12-4-3-10/h1-2,5H,4,11H2. The molecule has 0 heterocycles. The minimum absolute atomic E-state index is 0.0233. The lowest BCUT2D eigenvalue weighted by Gasteiger charge is -2.04. The van der Waals surface area contributed by atoms with Crippen molar-refractivity contribution in [2.24, 2.45) is 0 Å². The van der Waals surface area contributed by atoms with E-state index < -0.39 is 0 Å².